The lowest BCUT2D eigenvalue weighted by molar-refractivity contribution is -0.122. The van der Waals surface area contributed by atoms with Crippen molar-refractivity contribution in [2.45, 2.75) is 6.10 Å². The van der Waals surface area contributed by atoms with Gasteiger partial charge in [-0.05, 0) is 12.1 Å². The molecule has 0 radical (unpaired) electrons. The number of nitrogens with one attached hydrogen (secondary N) is 1. The molecule has 1 aliphatic heterocycles. The molecule has 0 spiro atoms. The van der Waals surface area contributed by atoms with Crippen LogP contribution in [0.25, 0.3) is 0 Å². The largest absolute Gasteiger partial charge is 0.477 e. The zero-order valence-corrected chi connectivity index (χ0v) is 8.90. The van der Waals surface area contributed by atoms with Crippen LogP contribution in [0.15, 0.2) is 24.3 Å². The van der Waals surface area contributed by atoms with Crippen LogP contribution in [0.4, 0.5) is 5.69 Å². The highest BCUT2D eigenvalue weighted by atomic mass is 32.2. The van der Waals surface area contributed by atoms with E-state index in [0.717, 1.165) is 0 Å². The number of carbonyl (C=O) groups is 1. The molecule has 1 amide bonds. The third kappa shape index (κ3) is 2.31. The molecular weight excluding hydrogens is 234 g/mol. The molecule has 0 saturated heterocycles. The molecule has 16 heavy (non-hydrogen) atoms. The Bertz CT molecular complexity index is 524. The lowest BCUT2D eigenvalue weighted by atomic mass is 10.2. The Morgan fingerprint density at radius 1 is 1.38 bits per heavy atom. The average molecular weight is 243 g/mol. The Morgan fingerprint density at radius 3 is 2.75 bits per heavy atom. The zero-order valence-electron chi connectivity index (χ0n) is 8.08. The van der Waals surface area contributed by atoms with Crippen LogP contribution in [0.3, 0.4) is 0 Å². The number of anilines is 1. The monoisotopic (exact) mass is 243 g/mol. The summed E-state index contributed by atoms with van der Waals surface area (Å²) in [7, 11) is -4.25. The summed E-state index contributed by atoms with van der Waals surface area (Å²) in [6.45, 7) is 0. The zero-order chi connectivity index (χ0) is 11.8. The van der Waals surface area contributed by atoms with Crippen molar-refractivity contribution in [2.24, 2.45) is 0 Å². The number of rotatable bonds is 2. The minimum Gasteiger partial charge on any atom is -0.477 e. The normalized spacial score (nSPS) is 19.6. The van der Waals surface area contributed by atoms with E-state index in [1.165, 1.54) is 0 Å². The Morgan fingerprint density at radius 2 is 2.06 bits per heavy atom. The number of hydrogen-bond donors (Lipinski definition) is 2. The van der Waals surface area contributed by atoms with Crippen LogP contribution < -0.4 is 10.1 Å². The minimum absolute atomic E-state index is 0.385. The molecule has 0 saturated carbocycles. The van der Waals surface area contributed by atoms with E-state index >= 15 is 0 Å². The van der Waals surface area contributed by atoms with Crippen LogP contribution in [0.2, 0.25) is 0 Å². The maximum Gasteiger partial charge on any atom is 0.269 e. The van der Waals surface area contributed by atoms with Gasteiger partial charge in [0.1, 0.15) is 11.5 Å². The second-order valence-corrected chi connectivity index (χ2v) is 4.84. The Labute approximate surface area is 92.0 Å². The van der Waals surface area contributed by atoms with E-state index < -0.39 is 27.9 Å². The van der Waals surface area contributed by atoms with Gasteiger partial charge < -0.3 is 10.1 Å². The van der Waals surface area contributed by atoms with Crippen molar-refractivity contribution >= 4 is 21.7 Å². The van der Waals surface area contributed by atoms with Gasteiger partial charge in [0.05, 0.1) is 5.69 Å². The van der Waals surface area contributed by atoms with Gasteiger partial charge in [0.25, 0.3) is 16.0 Å². The Kier molecular flexibility index (Phi) is 2.56. The van der Waals surface area contributed by atoms with Crippen molar-refractivity contribution in [1.82, 2.24) is 0 Å². The van der Waals surface area contributed by atoms with Gasteiger partial charge in [0.2, 0.25) is 0 Å². The average Bonchev–Trinajstić information content (AvgIpc) is 2.17. The highest BCUT2D eigenvalue weighted by Crippen LogP contribution is 2.28. The fraction of sp³-hybridized carbons (Fsp3) is 0.222. The number of benzene rings is 1. The number of carbonyl (C=O) groups excluding carboxylic acids is 1. The second kappa shape index (κ2) is 3.76. The van der Waals surface area contributed by atoms with Crippen molar-refractivity contribution in [2.75, 3.05) is 11.1 Å². The third-order valence-corrected chi connectivity index (χ3v) is 2.79. The highest BCUT2D eigenvalue weighted by Gasteiger charge is 2.31. The summed E-state index contributed by atoms with van der Waals surface area (Å²) >= 11 is 0. The number of para-hydroxylation sites is 2. The molecule has 2 rings (SSSR count). The maximum atomic E-state index is 11.4. The molecular formula is C9H9NO5S. The first-order chi connectivity index (χ1) is 7.46. The van der Waals surface area contributed by atoms with E-state index in [0.29, 0.717) is 11.4 Å². The third-order valence-electron chi connectivity index (χ3n) is 2.07. The van der Waals surface area contributed by atoms with E-state index in [9.17, 15) is 13.2 Å². The van der Waals surface area contributed by atoms with Gasteiger partial charge in [-0.1, -0.05) is 12.1 Å². The summed E-state index contributed by atoms with van der Waals surface area (Å²) in [5.74, 6) is -0.959. The Hall–Kier alpha value is -1.60. The quantitative estimate of drug-likeness (QED) is 0.727. The molecule has 86 valence electrons. The molecule has 1 aromatic carbocycles. The van der Waals surface area contributed by atoms with Crippen LogP contribution in [0.1, 0.15) is 0 Å². The van der Waals surface area contributed by atoms with Crippen molar-refractivity contribution in [3.63, 3.8) is 0 Å². The molecule has 1 aliphatic rings. The minimum atomic E-state index is -4.25. The lowest BCUT2D eigenvalue weighted by Gasteiger charge is -2.24. The van der Waals surface area contributed by atoms with Gasteiger partial charge in [-0.2, -0.15) is 8.42 Å². The van der Waals surface area contributed by atoms with E-state index in [2.05, 4.69) is 5.32 Å². The summed E-state index contributed by atoms with van der Waals surface area (Å²) in [5, 5.41) is 2.49. The molecule has 6 nitrogen and oxygen atoms in total. The van der Waals surface area contributed by atoms with Crippen molar-refractivity contribution in [3.8, 4) is 5.75 Å². The predicted octanol–water partition coefficient (Wildman–Crippen LogP) is 0.274. The molecule has 1 heterocycles. The van der Waals surface area contributed by atoms with Gasteiger partial charge in [0, 0.05) is 0 Å². The van der Waals surface area contributed by atoms with Gasteiger partial charge in [-0.15, -0.1) is 0 Å². The summed E-state index contributed by atoms with van der Waals surface area (Å²) in [6, 6.07) is 6.65. The van der Waals surface area contributed by atoms with Gasteiger partial charge in [0.15, 0.2) is 6.10 Å². The molecule has 1 atom stereocenters. The van der Waals surface area contributed by atoms with Crippen LogP contribution in [-0.4, -0.2) is 30.7 Å². The standard InChI is InChI=1S/C9H9NO5S/c11-9-8(5-16(12,13)14)15-7-4-2-1-3-6(7)10-9/h1-4,8H,5H2,(H,10,11)(H,12,13,14). The molecule has 2 N–H and O–H groups in total. The van der Waals surface area contributed by atoms with Crippen molar-refractivity contribution in [1.29, 1.82) is 0 Å². The molecule has 0 aromatic heterocycles. The summed E-state index contributed by atoms with van der Waals surface area (Å²) in [5.41, 5.74) is 0.485. The van der Waals surface area contributed by atoms with E-state index in [-0.39, 0.29) is 0 Å². The highest BCUT2D eigenvalue weighted by molar-refractivity contribution is 7.85. The van der Waals surface area contributed by atoms with Crippen LogP contribution in [0.5, 0.6) is 5.75 Å². The molecule has 0 bridgehead atoms. The van der Waals surface area contributed by atoms with E-state index in [4.69, 9.17) is 9.29 Å². The molecule has 7 heteroatoms. The number of ether oxygens (including phenoxy) is 1. The van der Waals surface area contributed by atoms with Gasteiger partial charge in [-0.3, -0.25) is 9.35 Å². The number of hydrogen-bond acceptors (Lipinski definition) is 4. The summed E-state index contributed by atoms with van der Waals surface area (Å²) in [4.78, 5) is 11.4. The van der Waals surface area contributed by atoms with Crippen LogP contribution in [0, 0.1) is 0 Å². The first kappa shape index (κ1) is 10.9. The molecule has 0 aliphatic carbocycles. The maximum absolute atomic E-state index is 11.4. The second-order valence-electron chi connectivity index (χ2n) is 3.34. The smallest absolute Gasteiger partial charge is 0.269 e. The first-order valence-electron chi connectivity index (χ1n) is 4.47. The number of amides is 1. The molecule has 1 aromatic rings. The molecule has 1 unspecified atom stereocenters. The van der Waals surface area contributed by atoms with Crippen molar-refractivity contribution < 1.29 is 22.5 Å². The van der Waals surface area contributed by atoms with Gasteiger partial charge in [-0.25, -0.2) is 0 Å². The fourth-order valence-electron chi connectivity index (χ4n) is 1.39. The molecule has 0 fully saturated rings. The topological polar surface area (TPSA) is 92.7 Å². The summed E-state index contributed by atoms with van der Waals surface area (Å²) < 4.78 is 35.1. The van der Waals surface area contributed by atoms with Crippen LogP contribution in [-0.2, 0) is 14.9 Å². The first-order valence-corrected chi connectivity index (χ1v) is 6.08. The SMILES string of the molecule is O=C1Nc2ccccc2OC1CS(=O)(=O)O. The number of fused-ring (bicyclic) bond motifs is 1. The van der Waals surface area contributed by atoms with Crippen molar-refractivity contribution in [3.05, 3.63) is 24.3 Å². The van der Waals surface area contributed by atoms with Gasteiger partial charge >= 0.3 is 0 Å². The van der Waals surface area contributed by atoms with E-state index in [1.54, 1.807) is 24.3 Å². The van der Waals surface area contributed by atoms with Crippen LogP contribution >= 0.6 is 0 Å². The lowest BCUT2D eigenvalue weighted by Crippen LogP contribution is -2.41. The summed E-state index contributed by atoms with van der Waals surface area (Å²) in [6.07, 6.45) is -1.22. The fourth-order valence-corrected chi connectivity index (χ4v) is 2.00. The predicted molar refractivity (Wildman–Crippen MR) is 55.9 cm³/mol. The Balaban J connectivity index is 2.25. The van der Waals surface area contributed by atoms with E-state index in [1.807, 2.05) is 0 Å².